The van der Waals surface area contributed by atoms with Crippen molar-refractivity contribution < 1.29 is 14.3 Å². The number of nitrogens with zero attached hydrogens (tertiary/aromatic N) is 1. The molecule has 0 aromatic carbocycles. The van der Waals surface area contributed by atoms with E-state index in [-0.39, 0.29) is 17.9 Å². The Labute approximate surface area is 113 Å². The lowest BCUT2D eigenvalue weighted by atomic mass is 9.99. The minimum absolute atomic E-state index is 0.0338. The van der Waals surface area contributed by atoms with E-state index in [4.69, 9.17) is 4.74 Å². The fraction of sp³-hybridized carbons (Fsp3) is 0.846. The summed E-state index contributed by atoms with van der Waals surface area (Å²) in [6.45, 7) is 4.94. The van der Waals surface area contributed by atoms with Crippen LogP contribution in [0.15, 0.2) is 0 Å². The molecule has 0 aliphatic carbocycles. The summed E-state index contributed by atoms with van der Waals surface area (Å²) in [5.41, 5.74) is 0. The quantitative estimate of drug-likeness (QED) is 0.719. The Morgan fingerprint density at radius 1 is 1.39 bits per heavy atom. The van der Waals surface area contributed by atoms with Crippen molar-refractivity contribution in [2.45, 2.75) is 50.8 Å². The molecule has 0 aromatic heterocycles. The first-order valence-electron chi connectivity index (χ1n) is 6.52. The van der Waals surface area contributed by atoms with Gasteiger partial charge in [-0.1, -0.05) is 13.8 Å². The summed E-state index contributed by atoms with van der Waals surface area (Å²) >= 11 is 1.65. The number of rotatable bonds is 5. The number of likely N-dealkylation sites (tertiary alicyclic amines) is 1. The number of carbonyl (C=O) groups is 2. The fourth-order valence-corrected chi connectivity index (χ4v) is 2.78. The number of esters is 1. The zero-order valence-corrected chi connectivity index (χ0v) is 12.3. The van der Waals surface area contributed by atoms with Crippen LogP contribution >= 0.6 is 11.8 Å². The van der Waals surface area contributed by atoms with Gasteiger partial charge >= 0.3 is 5.97 Å². The van der Waals surface area contributed by atoms with Gasteiger partial charge in [-0.3, -0.25) is 9.59 Å². The number of ether oxygens (including phenoxy) is 1. The Balaban J connectivity index is 2.52. The number of piperidine rings is 1. The zero-order chi connectivity index (χ0) is 13.5. The van der Waals surface area contributed by atoms with Gasteiger partial charge in [-0.15, -0.1) is 11.8 Å². The molecule has 104 valence electrons. The highest BCUT2D eigenvalue weighted by Crippen LogP contribution is 2.22. The molecule has 0 aromatic rings. The fourth-order valence-electron chi connectivity index (χ4n) is 2.14. The predicted molar refractivity (Wildman–Crippen MR) is 73.6 cm³/mol. The normalized spacial score (nSPS) is 20.0. The second-order valence-electron chi connectivity index (χ2n) is 4.88. The predicted octanol–water partition coefficient (Wildman–Crippen LogP) is 2.07. The van der Waals surface area contributed by atoms with E-state index >= 15 is 0 Å². The van der Waals surface area contributed by atoms with Crippen LogP contribution in [0.2, 0.25) is 0 Å². The van der Waals surface area contributed by atoms with Crippen molar-refractivity contribution in [2.75, 3.05) is 19.4 Å². The average molecular weight is 273 g/mol. The number of hydrogen-bond donors (Lipinski definition) is 0. The lowest BCUT2D eigenvalue weighted by Crippen LogP contribution is -2.45. The maximum absolute atomic E-state index is 12.1. The Morgan fingerprint density at radius 2 is 2.11 bits per heavy atom. The summed E-state index contributed by atoms with van der Waals surface area (Å²) < 4.78 is 4.70. The Hall–Kier alpha value is -0.710. The van der Waals surface area contributed by atoms with Gasteiger partial charge in [0.05, 0.1) is 19.3 Å². The van der Waals surface area contributed by atoms with E-state index in [1.54, 1.807) is 11.8 Å². The second-order valence-corrected chi connectivity index (χ2v) is 6.44. The van der Waals surface area contributed by atoms with Crippen LogP contribution in [0.25, 0.3) is 0 Å². The van der Waals surface area contributed by atoms with Crippen LogP contribution in [-0.2, 0) is 14.3 Å². The van der Waals surface area contributed by atoms with Crippen molar-refractivity contribution in [3.05, 3.63) is 0 Å². The van der Waals surface area contributed by atoms with Crippen LogP contribution in [0.3, 0.4) is 0 Å². The van der Waals surface area contributed by atoms with Gasteiger partial charge in [0.2, 0.25) is 5.91 Å². The molecular weight excluding hydrogens is 250 g/mol. The topological polar surface area (TPSA) is 46.6 Å². The van der Waals surface area contributed by atoms with Gasteiger partial charge in [-0.25, -0.2) is 0 Å². The Morgan fingerprint density at radius 3 is 2.72 bits per heavy atom. The van der Waals surface area contributed by atoms with Gasteiger partial charge in [0.25, 0.3) is 0 Å². The average Bonchev–Trinajstić information content (AvgIpc) is 2.36. The molecule has 1 saturated heterocycles. The lowest BCUT2D eigenvalue weighted by molar-refractivity contribution is -0.144. The monoisotopic (exact) mass is 273 g/mol. The molecule has 1 heterocycles. The van der Waals surface area contributed by atoms with Crippen LogP contribution in [0.1, 0.15) is 39.5 Å². The zero-order valence-electron chi connectivity index (χ0n) is 11.5. The highest BCUT2D eigenvalue weighted by molar-refractivity contribution is 8.00. The maximum atomic E-state index is 12.1. The molecule has 0 spiro atoms. The number of thioether (sulfide) groups is 1. The van der Waals surface area contributed by atoms with Crippen LogP contribution in [0.5, 0.6) is 0 Å². The van der Waals surface area contributed by atoms with E-state index in [9.17, 15) is 9.59 Å². The number of hydrogen-bond acceptors (Lipinski definition) is 4. The molecule has 4 nitrogen and oxygen atoms in total. The summed E-state index contributed by atoms with van der Waals surface area (Å²) in [6, 6.07) is 0.0338. The van der Waals surface area contributed by atoms with Crippen molar-refractivity contribution >= 4 is 23.6 Å². The summed E-state index contributed by atoms with van der Waals surface area (Å²) in [5, 5.41) is 0.456. The Kier molecular flexibility index (Phi) is 6.54. The number of amides is 1. The molecule has 1 fully saturated rings. The molecule has 5 heteroatoms. The molecule has 0 bridgehead atoms. The van der Waals surface area contributed by atoms with Gasteiger partial charge < -0.3 is 9.64 Å². The van der Waals surface area contributed by atoms with Crippen molar-refractivity contribution in [3.8, 4) is 0 Å². The largest absolute Gasteiger partial charge is 0.469 e. The van der Waals surface area contributed by atoms with Crippen molar-refractivity contribution in [3.63, 3.8) is 0 Å². The molecule has 1 rings (SSSR count). The molecule has 1 aliphatic rings. The molecular formula is C13H23NO3S. The molecule has 1 aliphatic heterocycles. The third kappa shape index (κ3) is 4.88. The van der Waals surface area contributed by atoms with Gasteiger partial charge in [0, 0.05) is 12.6 Å². The minimum Gasteiger partial charge on any atom is -0.469 e. The van der Waals surface area contributed by atoms with Crippen LogP contribution in [0.4, 0.5) is 0 Å². The van der Waals surface area contributed by atoms with E-state index in [0.717, 1.165) is 25.8 Å². The third-order valence-corrected chi connectivity index (χ3v) is 4.20. The summed E-state index contributed by atoms with van der Waals surface area (Å²) in [5.74, 6) is 0.438. The highest BCUT2D eigenvalue weighted by Gasteiger charge is 2.28. The standard InChI is InChI=1S/C13H23NO3S/c1-10(2)18-9-12(15)14-7-5-4-6-11(14)8-13(16)17-3/h10-11H,4-9H2,1-3H3. The first kappa shape index (κ1) is 15.3. The highest BCUT2D eigenvalue weighted by atomic mass is 32.2. The minimum atomic E-state index is -0.226. The summed E-state index contributed by atoms with van der Waals surface area (Å²) in [4.78, 5) is 25.4. The first-order chi connectivity index (χ1) is 8.54. The smallest absolute Gasteiger partial charge is 0.307 e. The van der Waals surface area contributed by atoms with Crippen LogP contribution < -0.4 is 0 Å². The van der Waals surface area contributed by atoms with Crippen molar-refractivity contribution in [2.24, 2.45) is 0 Å². The van der Waals surface area contributed by atoms with E-state index in [1.165, 1.54) is 7.11 Å². The molecule has 0 N–H and O–H groups in total. The van der Waals surface area contributed by atoms with Gasteiger partial charge in [-0.2, -0.15) is 0 Å². The second kappa shape index (κ2) is 7.67. The number of methoxy groups -OCH3 is 1. The third-order valence-electron chi connectivity index (χ3n) is 3.12. The molecule has 1 amide bonds. The Bertz CT molecular complexity index is 294. The first-order valence-corrected chi connectivity index (χ1v) is 7.57. The van der Waals surface area contributed by atoms with E-state index < -0.39 is 0 Å². The molecule has 0 radical (unpaired) electrons. The summed E-state index contributed by atoms with van der Waals surface area (Å²) in [6.07, 6.45) is 3.36. The van der Waals surface area contributed by atoms with Gasteiger partial charge in [0.1, 0.15) is 0 Å². The summed E-state index contributed by atoms with van der Waals surface area (Å²) in [7, 11) is 1.39. The molecule has 1 atom stereocenters. The molecule has 0 saturated carbocycles. The number of carbonyl (C=O) groups excluding carboxylic acids is 2. The lowest BCUT2D eigenvalue weighted by Gasteiger charge is -2.35. The van der Waals surface area contributed by atoms with Gasteiger partial charge in [0.15, 0.2) is 0 Å². The SMILES string of the molecule is COC(=O)CC1CCCCN1C(=O)CSC(C)C. The van der Waals surface area contributed by atoms with E-state index in [1.807, 2.05) is 4.90 Å². The van der Waals surface area contributed by atoms with E-state index in [2.05, 4.69) is 13.8 Å². The van der Waals surface area contributed by atoms with Crippen LogP contribution in [-0.4, -0.2) is 47.5 Å². The van der Waals surface area contributed by atoms with E-state index in [0.29, 0.717) is 17.4 Å². The maximum Gasteiger partial charge on any atom is 0.307 e. The van der Waals surface area contributed by atoms with Gasteiger partial charge in [-0.05, 0) is 24.5 Å². The molecule has 18 heavy (non-hydrogen) atoms. The van der Waals surface area contributed by atoms with Crippen molar-refractivity contribution in [1.82, 2.24) is 4.90 Å². The van der Waals surface area contributed by atoms with Crippen LogP contribution in [0, 0.1) is 0 Å². The van der Waals surface area contributed by atoms with Crippen molar-refractivity contribution in [1.29, 1.82) is 0 Å². The molecule has 1 unspecified atom stereocenters.